The Morgan fingerprint density at radius 1 is 1.44 bits per heavy atom. The van der Waals surface area contributed by atoms with E-state index in [1.165, 1.54) is 6.42 Å². The Balaban J connectivity index is 1.82. The second-order valence-corrected chi connectivity index (χ2v) is 5.38. The maximum absolute atomic E-state index is 12.0. The van der Waals surface area contributed by atoms with Crippen molar-refractivity contribution in [2.75, 3.05) is 25.0 Å². The number of rotatable bonds is 3. The van der Waals surface area contributed by atoms with Gasteiger partial charge in [-0.15, -0.1) is 0 Å². The van der Waals surface area contributed by atoms with Crippen LogP contribution in [-0.4, -0.2) is 30.4 Å². The first-order valence-electron chi connectivity index (χ1n) is 6.42. The maximum atomic E-state index is 12.0. The molecule has 3 nitrogen and oxygen atoms in total. The van der Waals surface area contributed by atoms with E-state index in [4.69, 9.17) is 11.6 Å². The minimum Gasteiger partial charge on any atom is -0.376 e. The minimum atomic E-state index is 0.177. The van der Waals surface area contributed by atoms with Gasteiger partial charge in [0.25, 0.3) is 0 Å². The third-order valence-corrected chi connectivity index (χ3v) is 3.55. The van der Waals surface area contributed by atoms with Gasteiger partial charge in [0.1, 0.15) is 0 Å². The lowest BCUT2D eigenvalue weighted by atomic mass is 10.0. The molecule has 1 aliphatic heterocycles. The van der Waals surface area contributed by atoms with Gasteiger partial charge in [0.15, 0.2) is 0 Å². The van der Waals surface area contributed by atoms with Crippen LogP contribution in [0.1, 0.15) is 19.8 Å². The fraction of sp³-hybridized carbons (Fsp3) is 0.500. The van der Waals surface area contributed by atoms with Gasteiger partial charge in [0.2, 0.25) is 5.91 Å². The zero-order chi connectivity index (χ0) is 13.0. The number of nitrogens with one attached hydrogen (secondary N) is 1. The monoisotopic (exact) mass is 266 g/mol. The van der Waals surface area contributed by atoms with Gasteiger partial charge in [-0.05, 0) is 43.0 Å². The van der Waals surface area contributed by atoms with Gasteiger partial charge in [-0.25, -0.2) is 0 Å². The number of piperidine rings is 1. The molecule has 1 atom stereocenters. The maximum Gasteiger partial charge on any atom is 0.241 e. The number of nitrogens with zero attached hydrogens (tertiary/aromatic N) is 1. The van der Waals surface area contributed by atoms with Crippen LogP contribution in [0.3, 0.4) is 0 Å². The number of benzene rings is 1. The molecular formula is C14H19ClN2O. The Labute approximate surface area is 113 Å². The highest BCUT2D eigenvalue weighted by molar-refractivity contribution is 6.30. The number of carbonyl (C=O) groups is 1. The van der Waals surface area contributed by atoms with Crippen LogP contribution in [-0.2, 0) is 4.79 Å². The number of hydrogen-bond donors (Lipinski definition) is 1. The van der Waals surface area contributed by atoms with Crippen LogP contribution in [0.25, 0.3) is 0 Å². The molecule has 0 saturated carbocycles. The van der Waals surface area contributed by atoms with E-state index in [0.29, 0.717) is 17.5 Å². The summed E-state index contributed by atoms with van der Waals surface area (Å²) in [5.74, 6) is 0.801. The van der Waals surface area contributed by atoms with E-state index in [1.54, 1.807) is 0 Å². The van der Waals surface area contributed by atoms with Crippen molar-refractivity contribution in [1.82, 2.24) is 4.90 Å². The lowest BCUT2D eigenvalue weighted by Gasteiger charge is -2.31. The van der Waals surface area contributed by atoms with Crippen molar-refractivity contribution >= 4 is 23.2 Å². The molecular weight excluding hydrogens is 248 g/mol. The normalized spacial score (nSPS) is 19.7. The lowest BCUT2D eigenvalue weighted by molar-refractivity contribution is -0.130. The first-order chi connectivity index (χ1) is 8.65. The van der Waals surface area contributed by atoms with Gasteiger partial charge in [0, 0.05) is 23.8 Å². The van der Waals surface area contributed by atoms with Crippen LogP contribution < -0.4 is 5.32 Å². The van der Waals surface area contributed by atoms with E-state index in [-0.39, 0.29) is 5.91 Å². The molecule has 0 radical (unpaired) electrons. The molecule has 0 spiro atoms. The number of likely N-dealkylation sites (tertiary alicyclic amines) is 1. The molecule has 1 aromatic carbocycles. The number of anilines is 1. The van der Waals surface area contributed by atoms with E-state index >= 15 is 0 Å². The first kappa shape index (κ1) is 13.2. The van der Waals surface area contributed by atoms with Gasteiger partial charge in [-0.1, -0.05) is 18.5 Å². The van der Waals surface area contributed by atoms with Crippen LogP contribution in [0, 0.1) is 5.92 Å². The van der Waals surface area contributed by atoms with E-state index in [2.05, 4.69) is 12.2 Å². The average molecular weight is 267 g/mol. The Morgan fingerprint density at radius 3 is 2.83 bits per heavy atom. The largest absolute Gasteiger partial charge is 0.376 e. The van der Waals surface area contributed by atoms with E-state index in [9.17, 15) is 4.79 Å². The topological polar surface area (TPSA) is 32.3 Å². The number of hydrogen-bond acceptors (Lipinski definition) is 2. The van der Waals surface area contributed by atoms with Crippen LogP contribution in [0.4, 0.5) is 5.69 Å². The highest BCUT2D eigenvalue weighted by Gasteiger charge is 2.20. The summed E-state index contributed by atoms with van der Waals surface area (Å²) < 4.78 is 0. The van der Waals surface area contributed by atoms with Crippen LogP contribution >= 0.6 is 11.6 Å². The Morgan fingerprint density at radius 2 is 2.17 bits per heavy atom. The standard InChI is InChI=1S/C14H19ClN2O/c1-11-3-2-8-17(10-11)14(18)9-16-13-6-4-12(15)5-7-13/h4-7,11,16H,2-3,8-10H2,1H3. The zero-order valence-electron chi connectivity index (χ0n) is 10.7. The second kappa shape index (κ2) is 6.10. The quantitative estimate of drug-likeness (QED) is 0.912. The Kier molecular flexibility index (Phi) is 4.48. The number of amides is 1. The van der Waals surface area contributed by atoms with Crippen molar-refractivity contribution < 1.29 is 4.79 Å². The van der Waals surface area contributed by atoms with Crippen LogP contribution in [0.15, 0.2) is 24.3 Å². The van der Waals surface area contributed by atoms with Gasteiger partial charge < -0.3 is 10.2 Å². The first-order valence-corrected chi connectivity index (χ1v) is 6.80. The van der Waals surface area contributed by atoms with Gasteiger partial charge in [-0.3, -0.25) is 4.79 Å². The molecule has 0 aromatic heterocycles. The van der Waals surface area contributed by atoms with Crippen molar-refractivity contribution in [3.8, 4) is 0 Å². The smallest absolute Gasteiger partial charge is 0.241 e. The SMILES string of the molecule is CC1CCCN(C(=O)CNc2ccc(Cl)cc2)C1. The van der Waals surface area contributed by atoms with Crippen molar-refractivity contribution in [3.63, 3.8) is 0 Å². The highest BCUT2D eigenvalue weighted by atomic mass is 35.5. The third-order valence-electron chi connectivity index (χ3n) is 3.30. The third kappa shape index (κ3) is 3.64. The summed E-state index contributed by atoms with van der Waals surface area (Å²) in [6, 6.07) is 7.40. The molecule has 1 heterocycles. The lowest BCUT2D eigenvalue weighted by Crippen LogP contribution is -2.41. The molecule has 98 valence electrons. The fourth-order valence-corrected chi connectivity index (χ4v) is 2.40. The Bertz CT molecular complexity index is 405. The molecule has 1 unspecified atom stereocenters. The van der Waals surface area contributed by atoms with Crippen molar-refractivity contribution in [1.29, 1.82) is 0 Å². The molecule has 0 bridgehead atoms. The second-order valence-electron chi connectivity index (χ2n) is 4.95. The summed E-state index contributed by atoms with van der Waals surface area (Å²) >= 11 is 5.81. The van der Waals surface area contributed by atoms with Gasteiger partial charge in [0.05, 0.1) is 6.54 Å². The summed E-state index contributed by atoms with van der Waals surface area (Å²) in [5.41, 5.74) is 0.929. The van der Waals surface area contributed by atoms with Crippen molar-refractivity contribution in [2.45, 2.75) is 19.8 Å². The number of halogens is 1. The fourth-order valence-electron chi connectivity index (χ4n) is 2.27. The summed E-state index contributed by atoms with van der Waals surface area (Å²) in [4.78, 5) is 14.0. The summed E-state index contributed by atoms with van der Waals surface area (Å²) in [6.07, 6.45) is 2.35. The minimum absolute atomic E-state index is 0.177. The average Bonchev–Trinajstić information content (AvgIpc) is 2.38. The molecule has 1 saturated heterocycles. The summed E-state index contributed by atoms with van der Waals surface area (Å²) in [6.45, 7) is 4.34. The highest BCUT2D eigenvalue weighted by Crippen LogP contribution is 2.16. The molecule has 1 aromatic rings. The van der Waals surface area contributed by atoms with Crippen molar-refractivity contribution in [3.05, 3.63) is 29.3 Å². The van der Waals surface area contributed by atoms with E-state index in [1.807, 2.05) is 29.2 Å². The molecule has 0 aliphatic carbocycles. The summed E-state index contributed by atoms with van der Waals surface area (Å²) in [7, 11) is 0. The van der Waals surface area contributed by atoms with Crippen LogP contribution in [0.5, 0.6) is 0 Å². The predicted molar refractivity (Wildman–Crippen MR) is 74.9 cm³/mol. The molecule has 1 amide bonds. The predicted octanol–water partition coefficient (Wildman–Crippen LogP) is 3.01. The van der Waals surface area contributed by atoms with Crippen LogP contribution in [0.2, 0.25) is 5.02 Å². The van der Waals surface area contributed by atoms with Gasteiger partial charge >= 0.3 is 0 Å². The van der Waals surface area contributed by atoms with E-state index < -0.39 is 0 Å². The molecule has 1 aliphatic rings. The molecule has 4 heteroatoms. The molecule has 1 fully saturated rings. The zero-order valence-corrected chi connectivity index (χ0v) is 11.4. The summed E-state index contributed by atoms with van der Waals surface area (Å²) in [5, 5.41) is 3.84. The van der Waals surface area contributed by atoms with Gasteiger partial charge in [-0.2, -0.15) is 0 Å². The van der Waals surface area contributed by atoms with E-state index in [0.717, 1.165) is 25.2 Å². The molecule has 2 rings (SSSR count). The number of carbonyl (C=O) groups excluding carboxylic acids is 1. The molecule has 18 heavy (non-hydrogen) atoms. The molecule has 1 N–H and O–H groups in total. The van der Waals surface area contributed by atoms with Crippen molar-refractivity contribution in [2.24, 2.45) is 5.92 Å². The Hall–Kier alpha value is -1.22.